The number of benzene rings is 3. The lowest BCUT2D eigenvalue weighted by molar-refractivity contribution is -0.136. The molecule has 1 aliphatic heterocycles. The number of amides is 2. The highest BCUT2D eigenvalue weighted by Crippen LogP contribution is 2.36. The summed E-state index contributed by atoms with van der Waals surface area (Å²) >= 11 is 14.5. The summed E-state index contributed by atoms with van der Waals surface area (Å²) in [5.74, 6) is 1.03. The van der Waals surface area contributed by atoms with Crippen molar-refractivity contribution in [3.8, 4) is 23.0 Å². The molecule has 2 atom stereocenters. The number of ether oxygens (including phenoxy) is 5. The lowest BCUT2D eigenvalue weighted by Gasteiger charge is -2.28. The minimum absolute atomic E-state index is 0.155. The van der Waals surface area contributed by atoms with Crippen molar-refractivity contribution in [2.24, 2.45) is 5.10 Å². The van der Waals surface area contributed by atoms with E-state index in [2.05, 4.69) is 43.8 Å². The van der Waals surface area contributed by atoms with Gasteiger partial charge in [-0.25, -0.2) is 9.59 Å². The van der Waals surface area contributed by atoms with E-state index in [-0.39, 0.29) is 18.8 Å². The van der Waals surface area contributed by atoms with Gasteiger partial charge in [0, 0.05) is 30.4 Å². The Labute approximate surface area is 295 Å². The van der Waals surface area contributed by atoms with Crippen molar-refractivity contribution >= 4 is 64.0 Å². The molecule has 0 unspecified atom stereocenters. The summed E-state index contributed by atoms with van der Waals surface area (Å²) in [5, 5.41) is 21.1. The molecule has 47 heavy (non-hydrogen) atoms. The molecule has 12 nitrogen and oxygen atoms in total. The van der Waals surface area contributed by atoms with Crippen LogP contribution in [-0.4, -0.2) is 57.0 Å². The minimum atomic E-state index is -1.21. The average Bonchev–Trinajstić information content (AvgIpc) is 3.03. The molecule has 0 bridgehead atoms. The number of urea groups is 1. The molecular formula is C32H33Cl2IN4O8. The quantitative estimate of drug-likeness (QED) is 0.0530. The predicted octanol–water partition coefficient (Wildman–Crippen LogP) is 5.71. The number of rotatable bonds is 14. The Morgan fingerprint density at radius 2 is 1.87 bits per heavy atom. The first-order valence-electron chi connectivity index (χ1n) is 14.2. The second-order valence-electron chi connectivity index (χ2n) is 9.97. The van der Waals surface area contributed by atoms with E-state index in [0.29, 0.717) is 56.5 Å². The molecule has 0 saturated heterocycles. The number of aliphatic hydroxyl groups excluding tert-OH is 1. The minimum Gasteiger partial charge on any atom is -0.493 e. The van der Waals surface area contributed by atoms with Gasteiger partial charge in [-0.05, 0) is 78.4 Å². The van der Waals surface area contributed by atoms with Gasteiger partial charge in [0.2, 0.25) is 0 Å². The van der Waals surface area contributed by atoms with Crippen LogP contribution in [0.3, 0.4) is 0 Å². The fourth-order valence-corrected chi connectivity index (χ4v) is 5.68. The largest absolute Gasteiger partial charge is 0.493 e. The lowest BCUT2D eigenvalue weighted by Crippen LogP contribution is -2.45. The number of hydrogen-bond acceptors (Lipinski definition) is 10. The molecule has 0 aromatic heterocycles. The number of nitrogens with one attached hydrogen (secondary N) is 3. The first-order chi connectivity index (χ1) is 22.5. The van der Waals surface area contributed by atoms with E-state index in [1.807, 2.05) is 12.1 Å². The normalized spacial score (nSPS) is 15.1. The van der Waals surface area contributed by atoms with Crippen molar-refractivity contribution in [2.75, 3.05) is 27.4 Å². The molecule has 2 amide bonds. The van der Waals surface area contributed by atoms with Crippen LogP contribution in [0.25, 0.3) is 0 Å². The average molecular weight is 799 g/mol. The summed E-state index contributed by atoms with van der Waals surface area (Å²) in [4.78, 5) is 24.7. The van der Waals surface area contributed by atoms with Gasteiger partial charge in [0.15, 0.2) is 29.2 Å². The molecule has 1 aliphatic rings. The number of methoxy groups -OCH3 is 2. The smallest absolute Gasteiger partial charge is 0.337 e. The Morgan fingerprint density at radius 3 is 2.57 bits per heavy atom. The Hall–Kier alpha value is -3.92. The number of nitrogens with zero attached hydrogens (tertiary/aromatic N) is 1. The maximum Gasteiger partial charge on any atom is 0.337 e. The van der Waals surface area contributed by atoms with Crippen LogP contribution in [0.15, 0.2) is 64.9 Å². The van der Waals surface area contributed by atoms with Crippen LogP contribution in [0.5, 0.6) is 23.0 Å². The van der Waals surface area contributed by atoms with Crippen molar-refractivity contribution in [2.45, 2.75) is 32.7 Å². The van der Waals surface area contributed by atoms with Crippen LogP contribution < -0.4 is 35.0 Å². The van der Waals surface area contributed by atoms with E-state index < -0.39 is 24.3 Å². The van der Waals surface area contributed by atoms with Crippen LogP contribution in [-0.2, 0) is 16.1 Å². The van der Waals surface area contributed by atoms with Gasteiger partial charge in [0.1, 0.15) is 13.2 Å². The Balaban J connectivity index is 1.45. The van der Waals surface area contributed by atoms with Crippen molar-refractivity contribution in [3.63, 3.8) is 0 Å². The zero-order valence-corrected chi connectivity index (χ0v) is 29.5. The molecule has 0 aliphatic carbocycles. The first-order valence-corrected chi connectivity index (χ1v) is 16.0. The number of esters is 1. The molecule has 0 saturated carbocycles. The van der Waals surface area contributed by atoms with Crippen molar-refractivity contribution in [3.05, 3.63) is 90.1 Å². The Bertz CT molecular complexity index is 1690. The van der Waals surface area contributed by atoms with Crippen LogP contribution in [0.1, 0.15) is 36.6 Å². The zero-order chi connectivity index (χ0) is 34.1. The van der Waals surface area contributed by atoms with E-state index >= 15 is 0 Å². The van der Waals surface area contributed by atoms with Crippen molar-refractivity contribution < 1.29 is 38.4 Å². The molecule has 15 heteroatoms. The van der Waals surface area contributed by atoms with Gasteiger partial charge in [0.25, 0.3) is 0 Å². The molecule has 3 aromatic rings. The fourth-order valence-electron chi connectivity index (χ4n) is 4.59. The third-order valence-corrected chi connectivity index (χ3v) is 7.96. The third-order valence-electron chi connectivity index (χ3n) is 6.75. The van der Waals surface area contributed by atoms with Gasteiger partial charge >= 0.3 is 12.0 Å². The van der Waals surface area contributed by atoms with Gasteiger partial charge in [0.05, 0.1) is 38.7 Å². The summed E-state index contributed by atoms with van der Waals surface area (Å²) in [6, 6.07) is 12.6. The van der Waals surface area contributed by atoms with E-state index in [0.717, 1.165) is 9.13 Å². The van der Waals surface area contributed by atoms with Crippen LogP contribution >= 0.6 is 45.8 Å². The number of hydrazone groups is 1. The topological polar surface area (TPSA) is 149 Å². The van der Waals surface area contributed by atoms with Crippen molar-refractivity contribution in [1.29, 1.82) is 0 Å². The molecule has 4 rings (SSSR count). The Kier molecular flexibility index (Phi) is 12.8. The predicted molar refractivity (Wildman–Crippen MR) is 185 cm³/mol. The molecule has 0 fully saturated rings. The highest BCUT2D eigenvalue weighted by molar-refractivity contribution is 14.1. The standard InChI is InChI=1S/C32H33Cl2IN4O8/c1-5-45-25-11-18(29-28(31(41)44-4)17(2)37-32(42)38-29)7-9-24(25)46-16-27(40)39-36-14-20-10-22(35)13-26(43-3)30(20)47-15-19-6-8-21(33)12-23(19)34/h6-14,27,29,39-40H,5,15-16H2,1-4H3,(H2,37,38,42)/b36-14+/t27-,29+/m1/s1. The van der Waals surface area contributed by atoms with Gasteiger partial charge in [-0.1, -0.05) is 35.3 Å². The molecule has 1 heterocycles. The highest BCUT2D eigenvalue weighted by atomic mass is 127. The van der Waals surface area contributed by atoms with Crippen LogP contribution in [0.4, 0.5) is 4.79 Å². The SMILES string of the molecule is CCOc1cc([C@@H]2NC(=O)NC(C)=C2C(=O)OC)ccc1OC[C@@H](O)N/N=C/c1cc(I)cc(OC)c1OCc1ccc(Cl)cc1Cl. The second-order valence-corrected chi connectivity index (χ2v) is 12.1. The molecule has 3 aromatic carbocycles. The molecule has 0 radical (unpaired) electrons. The van der Waals surface area contributed by atoms with Crippen LogP contribution in [0.2, 0.25) is 10.0 Å². The fraction of sp³-hybridized carbons (Fsp3) is 0.281. The molecule has 0 spiro atoms. The van der Waals surface area contributed by atoms with E-state index in [1.165, 1.54) is 20.4 Å². The number of carbonyl (C=O) groups is 2. The van der Waals surface area contributed by atoms with E-state index in [4.69, 9.17) is 46.9 Å². The van der Waals surface area contributed by atoms with Crippen LogP contribution in [0, 0.1) is 3.57 Å². The monoisotopic (exact) mass is 798 g/mol. The summed E-state index contributed by atoms with van der Waals surface area (Å²) in [7, 11) is 2.81. The first kappa shape index (κ1) is 35.9. The molecular weight excluding hydrogens is 766 g/mol. The third kappa shape index (κ3) is 9.34. The van der Waals surface area contributed by atoms with E-state index in [1.54, 1.807) is 50.2 Å². The number of hydrogen-bond donors (Lipinski definition) is 4. The number of halogens is 3. The van der Waals surface area contributed by atoms with Gasteiger partial charge < -0.3 is 39.4 Å². The maximum absolute atomic E-state index is 12.5. The van der Waals surface area contributed by atoms with Gasteiger partial charge in [-0.3, -0.25) is 5.43 Å². The summed E-state index contributed by atoms with van der Waals surface area (Å²) in [6.07, 6.45) is 0.289. The summed E-state index contributed by atoms with van der Waals surface area (Å²) < 4.78 is 29.0. The number of aliphatic hydroxyl groups is 1. The molecule has 250 valence electrons. The van der Waals surface area contributed by atoms with Gasteiger partial charge in [-0.2, -0.15) is 5.10 Å². The lowest BCUT2D eigenvalue weighted by atomic mass is 9.95. The highest BCUT2D eigenvalue weighted by Gasteiger charge is 2.32. The summed E-state index contributed by atoms with van der Waals surface area (Å²) in [6.45, 7) is 3.70. The van der Waals surface area contributed by atoms with Crippen molar-refractivity contribution in [1.82, 2.24) is 16.1 Å². The number of carbonyl (C=O) groups excluding carboxylic acids is 2. The maximum atomic E-state index is 12.5. The number of allylic oxidation sites excluding steroid dienone is 1. The Morgan fingerprint density at radius 1 is 1.09 bits per heavy atom. The molecule has 4 N–H and O–H groups in total. The zero-order valence-electron chi connectivity index (χ0n) is 25.9. The van der Waals surface area contributed by atoms with Gasteiger partial charge in [-0.15, -0.1) is 0 Å². The summed E-state index contributed by atoms with van der Waals surface area (Å²) in [5.41, 5.74) is 5.18. The second kappa shape index (κ2) is 16.8. The van der Waals surface area contributed by atoms with E-state index in [9.17, 15) is 14.7 Å².